The first-order chi connectivity index (χ1) is 10.9. The lowest BCUT2D eigenvalue weighted by molar-refractivity contribution is 0.0875. The number of rotatable bonds is 8. The van der Waals surface area contributed by atoms with Gasteiger partial charge in [-0.15, -0.1) is 0 Å². The molecule has 0 fully saturated rings. The van der Waals surface area contributed by atoms with Gasteiger partial charge >= 0.3 is 0 Å². The Balaban J connectivity index is 2.08. The second kappa shape index (κ2) is 7.70. The molecule has 0 spiro atoms. The Morgan fingerprint density at radius 3 is 2.22 bits per heavy atom. The Morgan fingerprint density at radius 2 is 1.65 bits per heavy atom. The molecule has 1 aromatic carbocycles. The molecule has 126 valence electrons. The molecular formula is C18H27NO3Si. The Labute approximate surface area is 140 Å². The van der Waals surface area contributed by atoms with Crippen LogP contribution in [0.4, 0.5) is 0 Å². The Bertz CT molecular complexity index is 609. The van der Waals surface area contributed by atoms with E-state index in [-0.39, 0.29) is 0 Å². The van der Waals surface area contributed by atoms with Gasteiger partial charge in [0, 0.05) is 32.6 Å². The molecule has 1 aromatic heterocycles. The summed E-state index contributed by atoms with van der Waals surface area (Å²) in [6.45, 7) is 8.47. The predicted molar refractivity (Wildman–Crippen MR) is 97.1 cm³/mol. The van der Waals surface area contributed by atoms with E-state index in [0.29, 0.717) is 6.73 Å². The van der Waals surface area contributed by atoms with E-state index in [2.05, 4.69) is 31.9 Å². The monoisotopic (exact) mass is 333 g/mol. The number of ether oxygens (including phenoxy) is 3. The quantitative estimate of drug-likeness (QED) is 0.527. The van der Waals surface area contributed by atoms with Crippen LogP contribution in [0.5, 0.6) is 11.5 Å². The normalized spacial score (nSPS) is 11.5. The molecule has 4 nitrogen and oxygen atoms in total. The van der Waals surface area contributed by atoms with Crippen molar-refractivity contribution in [3.63, 3.8) is 0 Å². The second-order valence-corrected chi connectivity index (χ2v) is 12.4. The topological polar surface area (TPSA) is 32.6 Å². The molecule has 0 aliphatic carbocycles. The van der Waals surface area contributed by atoms with Crippen LogP contribution in [0.1, 0.15) is 0 Å². The van der Waals surface area contributed by atoms with E-state index in [9.17, 15) is 0 Å². The molecule has 1 heterocycles. The molecule has 2 aromatic rings. The van der Waals surface area contributed by atoms with Crippen LogP contribution in [-0.4, -0.2) is 33.5 Å². The Hall–Kier alpha value is -1.72. The second-order valence-electron chi connectivity index (χ2n) is 6.80. The summed E-state index contributed by atoms with van der Waals surface area (Å²) in [6.07, 6.45) is 4.09. The molecule has 0 unspecified atom stereocenters. The van der Waals surface area contributed by atoms with Gasteiger partial charge < -0.3 is 18.8 Å². The van der Waals surface area contributed by atoms with Crippen molar-refractivity contribution in [3.8, 4) is 22.6 Å². The molecule has 0 aliphatic heterocycles. The third-order valence-corrected chi connectivity index (χ3v) is 5.41. The van der Waals surface area contributed by atoms with Crippen LogP contribution >= 0.6 is 0 Å². The number of methoxy groups -OCH3 is 2. The van der Waals surface area contributed by atoms with Crippen LogP contribution in [0.2, 0.25) is 25.7 Å². The number of benzene rings is 1. The van der Waals surface area contributed by atoms with Gasteiger partial charge in [0.2, 0.25) is 0 Å². The van der Waals surface area contributed by atoms with Gasteiger partial charge in [0.15, 0.2) is 0 Å². The van der Waals surface area contributed by atoms with Crippen molar-refractivity contribution in [2.45, 2.75) is 32.4 Å². The fourth-order valence-electron chi connectivity index (χ4n) is 2.35. The van der Waals surface area contributed by atoms with Gasteiger partial charge in [-0.2, -0.15) is 0 Å². The molecule has 5 heteroatoms. The molecule has 0 N–H and O–H groups in total. The van der Waals surface area contributed by atoms with Gasteiger partial charge in [-0.1, -0.05) is 25.7 Å². The Kier molecular flexibility index (Phi) is 5.90. The van der Waals surface area contributed by atoms with Crippen molar-refractivity contribution in [2.75, 3.05) is 20.8 Å². The molecule has 0 bridgehead atoms. The van der Waals surface area contributed by atoms with Crippen molar-refractivity contribution in [2.24, 2.45) is 0 Å². The SMILES string of the molecule is COc1cccc(OC)c1-c1ccn(COCC[Si](C)(C)C)c1. The summed E-state index contributed by atoms with van der Waals surface area (Å²) in [5.74, 6) is 1.61. The number of hydrogen-bond acceptors (Lipinski definition) is 3. The van der Waals surface area contributed by atoms with Crippen molar-refractivity contribution < 1.29 is 14.2 Å². The first-order valence-corrected chi connectivity index (χ1v) is 11.6. The molecule has 2 rings (SSSR count). The summed E-state index contributed by atoms with van der Waals surface area (Å²) in [5, 5.41) is 0. The molecule has 0 saturated carbocycles. The maximum Gasteiger partial charge on any atom is 0.130 e. The van der Waals surface area contributed by atoms with Gasteiger partial charge in [-0.25, -0.2) is 0 Å². The van der Waals surface area contributed by atoms with E-state index >= 15 is 0 Å². The zero-order valence-corrected chi connectivity index (χ0v) is 15.8. The van der Waals surface area contributed by atoms with E-state index in [4.69, 9.17) is 14.2 Å². The van der Waals surface area contributed by atoms with E-state index in [0.717, 1.165) is 29.2 Å². The largest absolute Gasteiger partial charge is 0.496 e. The summed E-state index contributed by atoms with van der Waals surface area (Å²) in [6, 6.07) is 9.06. The van der Waals surface area contributed by atoms with Crippen LogP contribution in [0, 0.1) is 0 Å². The standard InChI is InChI=1S/C18H27NO3Si/c1-20-16-7-6-8-17(21-2)18(16)15-9-10-19(13-15)14-22-11-12-23(3,4)5/h6-10,13H,11-12,14H2,1-5H3. The summed E-state index contributed by atoms with van der Waals surface area (Å²) in [7, 11) is 2.32. The van der Waals surface area contributed by atoms with E-state index in [1.807, 2.05) is 29.0 Å². The van der Waals surface area contributed by atoms with Gasteiger partial charge in [0.25, 0.3) is 0 Å². The van der Waals surface area contributed by atoms with Gasteiger partial charge in [-0.05, 0) is 24.2 Å². The lowest BCUT2D eigenvalue weighted by Gasteiger charge is -2.15. The average molecular weight is 334 g/mol. The molecule has 0 radical (unpaired) electrons. The maximum atomic E-state index is 5.79. The number of aromatic nitrogens is 1. The zero-order chi connectivity index (χ0) is 16.9. The van der Waals surface area contributed by atoms with Gasteiger partial charge in [-0.3, -0.25) is 0 Å². The maximum absolute atomic E-state index is 5.79. The lowest BCUT2D eigenvalue weighted by atomic mass is 10.1. The summed E-state index contributed by atoms with van der Waals surface area (Å²) in [5.41, 5.74) is 2.03. The fourth-order valence-corrected chi connectivity index (χ4v) is 3.11. The van der Waals surface area contributed by atoms with Crippen molar-refractivity contribution in [1.82, 2.24) is 4.57 Å². The van der Waals surface area contributed by atoms with Crippen LogP contribution < -0.4 is 9.47 Å². The van der Waals surface area contributed by atoms with Crippen molar-refractivity contribution in [1.29, 1.82) is 0 Å². The smallest absolute Gasteiger partial charge is 0.130 e. The average Bonchev–Trinajstić information content (AvgIpc) is 2.98. The predicted octanol–water partition coefficient (Wildman–Crippen LogP) is 4.48. The highest BCUT2D eigenvalue weighted by molar-refractivity contribution is 6.76. The molecule has 0 amide bonds. The van der Waals surface area contributed by atoms with Crippen LogP contribution in [0.25, 0.3) is 11.1 Å². The van der Waals surface area contributed by atoms with Gasteiger partial charge in [0.1, 0.15) is 18.2 Å². The first-order valence-electron chi connectivity index (χ1n) is 7.89. The fraction of sp³-hybridized carbons (Fsp3) is 0.444. The van der Waals surface area contributed by atoms with Crippen LogP contribution in [0.3, 0.4) is 0 Å². The molecule has 23 heavy (non-hydrogen) atoms. The third kappa shape index (κ3) is 4.87. The van der Waals surface area contributed by atoms with E-state index < -0.39 is 8.07 Å². The minimum absolute atomic E-state index is 0.571. The van der Waals surface area contributed by atoms with E-state index in [1.54, 1.807) is 14.2 Å². The van der Waals surface area contributed by atoms with Crippen LogP contribution in [-0.2, 0) is 11.5 Å². The minimum atomic E-state index is -1.03. The highest BCUT2D eigenvalue weighted by atomic mass is 28.3. The number of nitrogens with zero attached hydrogens (tertiary/aromatic N) is 1. The minimum Gasteiger partial charge on any atom is -0.496 e. The highest BCUT2D eigenvalue weighted by Gasteiger charge is 2.14. The lowest BCUT2D eigenvalue weighted by Crippen LogP contribution is -2.21. The zero-order valence-electron chi connectivity index (χ0n) is 14.8. The highest BCUT2D eigenvalue weighted by Crippen LogP contribution is 2.38. The van der Waals surface area contributed by atoms with Crippen LogP contribution in [0.15, 0.2) is 36.7 Å². The molecular weight excluding hydrogens is 306 g/mol. The van der Waals surface area contributed by atoms with Crippen molar-refractivity contribution in [3.05, 3.63) is 36.7 Å². The Morgan fingerprint density at radius 1 is 1.00 bits per heavy atom. The van der Waals surface area contributed by atoms with Crippen molar-refractivity contribution >= 4 is 8.07 Å². The first kappa shape index (κ1) is 17.6. The molecule has 0 atom stereocenters. The summed E-state index contributed by atoms with van der Waals surface area (Å²) >= 11 is 0. The molecule has 0 aliphatic rings. The molecule has 0 saturated heterocycles. The van der Waals surface area contributed by atoms with Gasteiger partial charge in [0.05, 0.1) is 19.8 Å². The summed E-state index contributed by atoms with van der Waals surface area (Å²) in [4.78, 5) is 0. The van der Waals surface area contributed by atoms with E-state index in [1.165, 1.54) is 6.04 Å². The number of hydrogen-bond donors (Lipinski definition) is 0. The summed E-state index contributed by atoms with van der Waals surface area (Å²) < 4.78 is 18.8. The third-order valence-electron chi connectivity index (χ3n) is 3.70.